The average molecular weight is 276 g/mol. The van der Waals surface area contributed by atoms with Gasteiger partial charge in [0.05, 0.1) is 0 Å². The highest BCUT2D eigenvalue weighted by molar-refractivity contribution is 5.91. The van der Waals surface area contributed by atoms with Gasteiger partial charge in [-0.05, 0) is 32.0 Å². The number of carbonyl (C=O) groups excluding carboxylic acids is 1. The molecule has 1 rings (SSSR count). The third kappa shape index (κ3) is 5.74. The largest absolute Gasteiger partial charge is 0.326 e. The molecular weight excluding hydrogens is 248 g/mol. The monoisotopic (exact) mass is 276 g/mol. The summed E-state index contributed by atoms with van der Waals surface area (Å²) in [5.41, 5.74) is 2.06. The lowest BCUT2D eigenvalue weighted by Crippen LogP contribution is -2.17. The zero-order chi connectivity index (χ0) is 14.8. The first kappa shape index (κ1) is 16.7. The Morgan fingerprint density at radius 2 is 1.85 bits per heavy atom. The van der Waals surface area contributed by atoms with Crippen LogP contribution in [-0.4, -0.2) is 13.0 Å². The van der Waals surface area contributed by atoms with Crippen LogP contribution in [0.4, 0.5) is 5.69 Å². The van der Waals surface area contributed by atoms with Gasteiger partial charge < -0.3 is 10.6 Å². The van der Waals surface area contributed by atoms with E-state index in [4.69, 9.17) is 0 Å². The number of carbonyl (C=O) groups is 1. The van der Waals surface area contributed by atoms with Gasteiger partial charge in [-0.3, -0.25) is 4.79 Å². The second-order valence-electron chi connectivity index (χ2n) is 5.31. The molecule has 3 heteroatoms. The molecule has 0 saturated carbocycles. The van der Waals surface area contributed by atoms with Crippen LogP contribution < -0.4 is 10.6 Å². The molecule has 20 heavy (non-hydrogen) atoms. The van der Waals surface area contributed by atoms with Crippen LogP contribution in [0, 0.1) is 0 Å². The van der Waals surface area contributed by atoms with E-state index in [2.05, 4.69) is 30.5 Å². The summed E-state index contributed by atoms with van der Waals surface area (Å²) in [7, 11) is 1.93. The Kier molecular flexibility index (Phi) is 7.97. The summed E-state index contributed by atoms with van der Waals surface area (Å²) < 4.78 is 0. The van der Waals surface area contributed by atoms with E-state index in [-0.39, 0.29) is 11.9 Å². The van der Waals surface area contributed by atoms with Gasteiger partial charge in [-0.15, -0.1) is 0 Å². The SMILES string of the molecule is CCCCCCCC(=O)Nc1ccccc1C(C)NC. The van der Waals surface area contributed by atoms with Crippen molar-refractivity contribution in [3.8, 4) is 0 Å². The second kappa shape index (κ2) is 9.54. The molecule has 1 unspecified atom stereocenters. The predicted octanol–water partition coefficient (Wildman–Crippen LogP) is 4.27. The maximum Gasteiger partial charge on any atom is 0.224 e. The average Bonchev–Trinajstić information content (AvgIpc) is 2.47. The van der Waals surface area contributed by atoms with Gasteiger partial charge in [0.2, 0.25) is 5.91 Å². The molecule has 1 aromatic carbocycles. The highest BCUT2D eigenvalue weighted by atomic mass is 16.1. The summed E-state index contributed by atoms with van der Waals surface area (Å²) in [6.45, 7) is 4.29. The summed E-state index contributed by atoms with van der Waals surface area (Å²) in [6.07, 6.45) is 6.49. The number of benzene rings is 1. The number of anilines is 1. The molecule has 0 fully saturated rings. The zero-order valence-electron chi connectivity index (χ0n) is 13.0. The fourth-order valence-corrected chi connectivity index (χ4v) is 2.25. The minimum atomic E-state index is 0.122. The van der Waals surface area contributed by atoms with Crippen LogP contribution in [0.1, 0.15) is 64.0 Å². The quantitative estimate of drug-likeness (QED) is 0.661. The van der Waals surface area contributed by atoms with E-state index in [1.807, 2.05) is 25.2 Å². The molecular formula is C17H28N2O. The normalized spacial score (nSPS) is 12.2. The predicted molar refractivity (Wildman–Crippen MR) is 85.9 cm³/mol. The van der Waals surface area contributed by atoms with Crippen molar-refractivity contribution in [3.63, 3.8) is 0 Å². The summed E-state index contributed by atoms with van der Waals surface area (Å²) >= 11 is 0. The maximum atomic E-state index is 12.0. The zero-order valence-corrected chi connectivity index (χ0v) is 13.0. The molecule has 0 aromatic heterocycles. The third-order valence-electron chi connectivity index (χ3n) is 3.64. The lowest BCUT2D eigenvalue weighted by atomic mass is 10.1. The Balaban J connectivity index is 2.45. The Morgan fingerprint density at radius 3 is 2.55 bits per heavy atom. The van der Waals surface area contributed by atoms with Crippen LogP contribution in [0.5, 0.6) is 0 Å². The minimum Gasteiger partial charge on any atom is -0.326 e. The molecule has 0 saturated heterocycles. The molecule has 1 amide bonds. The fraction of sp³-hybridized carbons (Fsp3) is 0.588. The number of hydrogen-bond donors (Lipinski definition) is 2. The molecule has 0 bridgehead atoms. The first-order chi connectivity index (χ1) is 9.69. The molecule has 1 aromatic rings. The molecule has 0 aliphatic heterocycles. The topological polar surface area (TPSA) is 41.1 Å². The first-order valence-corrected chi connectivity index (χ1v) is 7.75. The smallest absolute Gasteiger partial charge is 0.224 e. The molecule has 1 atom stereocenters. The number of amides is 1. The van der Waals surface area contributed by atoms with Crippen molar-refractivity contribution in [1.29, 1.82) is 0 Å². The lowest BCUT2D eigenvalue weighted by molar-refractivity contribution is -0.116. The Morgan fingerprint density at radius 1 is 1.15 bits per heavy atom. The van der Waals surface area contributed by atoms with E-state index in [9.17, 15) is 4.79 Å². The van der Waals surface area contributed by atoms with Crippen molar-refractivity contribution in [2.24, 2.45) is 0 Å². The summed E-state index contributed by atoms with van der Waals surface area (Å²) in [5.74, 6) is 0.122. The van der Waals surface area contributed by atoms with Crippen molar-refractivity contribution in [1.82, 2.24) is 5.32 Å². The first-order valence-electron chi connectivity index (χ1n) is 7.75. The van der Waals surface area contributed by atoms with Gasteiger partial charge in [-0.1, -0.05) is 50.8 Å². The van der Waals surface area contributed by atoms with E-state index in [1.165, 1.54) is 19.3 Å². The van der Waals surface area contributed by atoms with Gasteiger partial charge in [0, 0.05) is 18.2 Å². The Hall–Kier alpha value is -1.35. The molecule has 0 heterocycles. The summed E-state index contributed by atoms with van der Waals surface area (Å²) in [4.78, 5) is 12.0. The second-order valence-corrected chi connectivity index (χ2v) is 5.31. The van der Waals surface area contributed by atoms with E-state index in [1.54, 1.807) is 0 Å². The van der Waals surface area contributed by atoms with Crippen molar-refractivity contribution >= 4 is 11.6 Å². The molecule has 0 aliphatic rings. The molecule has 0 radical (unpaired) electrons. The van der Waals surface area contributed by atoms with Gasteiger partial charge in [-0.2, -0.15) is 0 Å². The number of nitrogens with one attached hydrogen (secondary N) is 2. The number of para-hydroxylation sites is 1. The van der Waals surface area contributed by atoms with Crippen molar-refractivity contribution in [3.05, 3.63) is 29.8 Å². The fourth-order valence-electron chi connectivity index (χ4n) is 2.25. The standard InChI is InChI=1S/C17H28N2O/c1-4-5-6-7-8-13-17(20)19-16-12-10-9-11-15(16)14(2)18-3/h9-12,14,18H,4-8,13H2,1-3H3,(H,19,20). The van der Waals surface area contributed by atoms with Crippen LogP contribution in [0.3, 0.4) is 0 Å². The Labute approximate surface area is 123 Å². The van der Waals surface area contributed by atoms with Crippen LogP contribution in [0.2, 0.25) is 0 Å². The third-order valence-corrected chi connectivity index (χ3v) is 3.64. The number of rotatable bonds is 9. The lowest BCUT2D eigenvalue weighted by Gasteiger charge is -2.16. The maximum absolute atomic E-state index is 12.0. The van der Waals surface area contributed by atoms with Crippen LogP contribution in [0.25, 0.3) is 0 Å². The molecule has 0 spiro atoms. The van der Waals surface area contributed by atoms with Gasteiger partial charge in [0.1, 0.15) is 0 Å². The summed E-state index contributed by atoms with van der Waals surface area (Å²) in [6, 6.07) is 8.22. The number of unbranched alkanes of at least 4 members (excludes halogenated alkanes) is 4. The highest BCUT2D eigenvalue weighted by Crippen LogP contribution is 2.22. The van der Waals surface area contributed by atoms with Gasteiger partial charge in [0.15, 0.2) is 0 Å². The Bertz CT molecular complexity index is 404. The van der Waals surface area contributed by atoms with Crippen LogP contribution >= 0.6 is 0 Å². The van der Waals surface area contributed by atoms with Gasteiger partial charge >= 0.3 is 0 Å². The van der Waals surface area contributed by atoms with Gasteiger partial charge in [0.25, 0.3) is 0 Å². The molecule has 3 nitrogen and oxygen atoms in total. The van der Waals surface area contributed by atoms with E-state index in [0.29, 0.717) is 6.42 Å². The molecule has 112 valence electrons. The molecule has 0 aliphatic carbocycles. The van der Waals surface area contributed by atoms with Crippen LogP contribution in [-0.2, 0) is 4.79 Å². The van der Waals surface area contributed by atoms with Crippen LogP contribution in [0.15, 0.2) is 24.3 Å². The minimum absolute atomic E-state index is 0.122. The summed E-state index contributed by atoms with van der Waals surface area (Å²) in [5, 5.41) is 6.25. The van der Waals surface area contributed by atoms with Crippen molar-refractivity contribution in [2.75, 3.05) is 12.4 Å². The van der Waals surface area contributed by atoms with Crippen molar-refractivity contribution < 1.29 is 4.79 Å². The molecule has 2 N–H and O–H groups in total. The van der Waals surface area contributed by atoms with Crippen molar-refractivity contribution in [2.45, 2.75) is 58.4 Å². The van der Waals surface area contributed by atoms with E-state index < -0.39 is 0 Å². The highest BCUT2D eigenvalue weighted by Gasteiger charge is 2.10. The van der Waals surface area contributed by atoms with E-state index >= 15 is 0 Å². The van der Waals surface area contributed by atoms with E-state index in [0.717, 1.165) is 24.1 Å². The number of hydrogen-bond acceptors (Lipinski definition) is 2. The van der Waals surface area contributed by atoms with Gasteiger partial charge in [-0.25, -0.2) is 0 Å².